The number of hydrogen-bond donors (Lipinski definition) is 3. The number of nitrogens with zero attached hydrogens (tertiary/aromatic N) is 2. The number of amides is 1. The summed E-state index contributed by atoms with van der Waals surface area (Å²) in [6, 6.07) is 10.5. The molecule has 0 unspecified atom stereocenters. The number of carbonyl (C=O) groups is 2. The zero-order chi connectivity index (χ0) is 32.2. The van der Waals surface area contributed by atoms with Crippen LogP contribution in [0.3, 0.4) is 0 Å². The van der Waals surface area contributed by atoms with E-state index in [2.05, 4.69) is 52.0 Å². The van der Waals surface area contributed by atoms with Gasteiger partial charge in [0.2, 0.25) is 10.0 Å². The Hall–Kier alpha value is -3.24. The molecule has 238 valence electrons. The minimum Gasteiger partial charge on any atom is -0.475 e. The number of hydrogen-bond acceptors (Lipinski definition) is 7. The molecule has 5 rings (SSSR count). The Balaban J connectivity index is 0.000000566. The molecule has 4 heterocycles. The summed E-state index contributed by atoms with van der Waals surface area (Å²) in [5.74, 6) is -2.87. The van der Waals surface area contributed by atoms with E-state index in [-0.39, 0.29) is 11.7 Å². The molecule has 44 heavy (non-hydrogen) atoms. The standard InChI is InChI=1S/C27H32N4O3S3.C2HF3O2/c1-3-37(33,34)31-8-6-18(7-9-31)25-14-29-26-23(25)12-19(13-24(26)27(28)32)20-11-22(36-17-20)16-30(2)15-21-5-4-10-35-21;3-2(4,5)1(6)7/h4-5,10-14,17-18,29H,3,6-9,15-16H2,1-2H3,(H2,28,32);(H,6,7). The third-order valence-electron chi connectivity index (χ3n) is 7.40. The molecule has 0 atom stereocenters. The van der Waals surface area contributed by atoms with Crippen molar-refractivity contribution in [1.29, 1.82) is 0 Å². The van der Waals surface area contributed by atoms with E-state index in [9.17, 15) is 26.4 Å². The maximum absolute atomic E-state index is 12.4. The number of fused-ring (bicyclic) bond motifs is 1. The fourth-order valence-electron chi connectivity index (χ4n) is 5.18. The summed E-state index contributed by atoms with van der Waals surface area (Å²) in [6.45, 7) is 4.48. The lowest BCUT2D eigenvalue weighted by molar-refractivity contribution is -0.192. The summed E-state index contributed by atoms with van der Waals surface area (Å²) in [6.07, 6.45) is -1.61. The van der Waals surface area contributed by atoms with Gasteiger partial charge in [0.15, 0.2) is 0 Å². The van der Waals surface area contributed by atoms with Crippen molar-refractivity contribution in [2.45, 2.75) is 44.9 Å². The third-order valence-corrected chi connectivity index (χ3v) is 11.1. The molecule has 0 bridgehead atoms. The molecule has 15 heteroatoms. The third kappa shape index (κ3) is 8.07. The first-order valence-electron chi connectivity index (χ1n) is 13.7. The lowest BCUT2D eigenvalue weighted by Gasteiger charge is -2.31. The molecule has 1 aromatic carbocycles. The van der Waals surface area contributed by atoms with Gasteiger partial charge in [-0.25, -0.2) is 17.5 Å². The number of aliphatic carboxylic acids is 1. The van der Waals surface area contributed by atoms with Crippen LogP contribution in [0.25, 0.3) is 22.0 Å². The van der Waals surface area contributed by atoms with Crippen LogP contribution in [0.4, 0.5) is 13.2 Å². The number of thiophene rings is 2. The minimum absolute atomic E-state index is 0.128. The minimum atomic E-state index is -5.08. The van der Waals surface area contributed by atoms with Crippen molar-refractivity contribution in [3.8, 4) is 11.1 Å². The summed E-state index contributed by atoms with van der Waals surface area (Å²) in [4.78, 5) is 29.5. The van der Waals surface area contributed by atoms with E-state index in [0.717, 1.165) is 53.5 Å². The molecular weight excluding hydrogens is 638 g/mol. The molecule has 0 radical (unpaired) electrons. The van der Waals surface area contributed by atoms with Crippen LogP contribution >= 0.6 is 22.7 Å². The van der Waals surface area contributed by atoms with Gasteiger partial charge in [-0.1, -0.05) is 6.07 Å². The Kier molecular flexibility index (Phi) is 10.6. The van der Waals surface area contributed by atoms with E-state index in [0.29, 0.717) is 18.7 Å². The molecule has 4 aromatic rings. The Morgan fingerprint density at radius 2 is 1.77 bits per heavy atom. The highest BCUT2D eigenvalue weighted by Crippen LogP contribution is 2.38. The largest absolute Gasteiger partial charge is 0.490 e. The van der Waals surface area contributed by atoms with E-state index < -0.39 is 28.1 Å². The van der Waals surface area contributed by atoms with Crippen molar-refractivity contribution in [3.63, 3.8) is 0 Å². The van der Waals surface area contributed by atoms with E-state index in [1.807, 2.05) is 12.3 Å². The SMILES string of the molecule is CCS(=O)(=O)N1CCC(c2c[nH]c3c(C(N)=O)cc(-c4csc(CN(C)Cc5cccs5)c4)cc23)CC1.O=C(O)C(F)(F)F. The second-order valence-corrected chi connectivity index (χ2v) is 14.8. The number of nitrogens with two attached hydrogens (primary N) is 1. The van der Waals surface area contributed by atoms with Gasteiger partial charge in [0.1, 0.15) is 0 Å². The number of sulfonamides is 1. The molecule has 3 aromatic heterocycles. The van der Waals surface area contributed by atoms with Gasteiger partial charge in [-0.15, -0.1) is 22.7 Å². The van der Waals surface area contributed by atoms with Gasteiger partial charge in [-0.3, -0.25) is 9.69 Å². The van der Waals surface area contributed by atoms with Crippen molar-refractivity contribution in [3.05, 3.63) is 68.2 Å². The predicted octanol–water partition coefficient (Wildman–Crippen LogP) is 5.85. The number of carboxylic acid groups (broad SMARTS) is 1. The van der Waals surface area contributed by atoms with Crippen molar-refractivity contribution in [2.75, 3.05) is 25.9 Å². The van der Waals surface area contributed by atoms with Crippen LogP contribution in [0.15, 0.2) is 47.3 Å². The molecule has 0 spiro atoms. The highest BCUT2D eigenvalue weighted by atomic mass is 32.2. The van der Waals surface area contributed by atoms with Gasteiger partial charge in [-0.2, -0.15) is 13.2 Å². The van der Waals surface area contributed by atoms with Crippen LogP contribution in [-0.2, 0) is 27.9 Å². The number of aromatic nitrogens is 1. The number of piperidine rings is 1. The molecule has 0 aliphatic carbocycles. The number of H-pyrrole nitrogens is 1. The van der Waals surface area contributed by atoms with Gasteiger partial charge in [0.25, 0.3) is 5.91 Å². The second kappa shape index (κ2) is 13.8. The quantitative estimate of drug-likeness (QED) is 0.204. The normalized spacial score (nSPS) is 15.0. The fourth-order valence-corrected chi connectivity index (χ4v) is 8.07. The number of benzene rings is 1. The average Bonchev–Trinajstić information content (AvgIpc) is 3.74. The highest BCUT2D eigenvalue weighted by molar-refractivity contribution is 7.89. The summed E-state index contributed by atoms with van der Waals surface area (Å²) in [5.41, 5.74) is 10.2. The Morgan fingerprint density at radius 3 is 2.34 bits per heavy atom. The first-order valence-corrected chi connectivity index (χ1v) is 17.1. The zero-order valence-electron chi connectivity index (χ0n) is 24.1. The highest BCUT2D eigenvalue weighted by Gasteiger charge is 2.38. The van der Waals surface area contributed by atoms with E-state index in [1.165, 1.54) is 9.75 Å². The van der Waals surface area contributed by atoms with Gasteiger partial charge in [-0.05, 0) is 84.4 Å². The first-order chi connectivity index (χ1) is 20.7. The molecule has 1 saturated heterocycles. The predicted molar refractivity (Wildman–Crippen MR) is 166 cm³/mol. The number of halogens is 3. The van der Waals surface area contributed by atoms with Gasteiger partial charge in [0, 0.05) is 47.5 Å². The molecule has 1 fully saturated rings. The lowest BCUT2D eigenvalue weighted by Crippen LogP contribution is -2.38. The van der Waals surface area contributed by atoms with Gasteiger partial charge < -0.3 is 15.8 Å². The van der Waals surface area contributed by atoms with Crippen LogP contribution in [0.2, 0.25) is 0 Å². The molecule has 1 aliphatic rings. The number of alkyl halides is 3. The van der Waals surface area contributed by atoms with Crippen molar-refractivity contribution < 1.29 is 36.3 Å². The smallest absolute Gasteiger partial charge is 0.475 e. The molecular formula is C29H33F3N4O5S3. The number of aromatic amines is 1. The Labute approximate surface area is 261 Å². The zero-order valence-corrected chi connectivity index (χ0v) is 26.5. The summed E-state index contributed by atoms with van der Waals surface area (Å²) < 4.78 is 57.9. The lowest BCUT2D eigenvalue weighted by atomic mass is 9.88. The summed E-state index contributed by atoms with van der Waals surface area (Å²) in [7, 11) is -1.05. The molecule has 0 saturated carbocycles. The second-order valence-electron chi connectivity index (χ2n) is 10.5. The Bertz CT molecular complexity index is 1710. The number of rotatable bonds is 9. The summed E-state index contributed by atoms with van der Waals surface area (Å²) in [5, 5.41) is 12.4. The van der Waals surface area contributed by atoms with Crippen molar-refractivity contribution >= 4 is 55.5 Å². The first kappa shape index (κ1) is 33.6. The van der Waals surface area contributed by atoms with E-state index in [1.54, 1.807) is 33.9 Å². The maximum atomic E-state index is 12.4. The van der Waals surface area contributed by atoms with Crippen molar-refractivity contribution in [2.24, 2.45) is 5.73 Å². The Morgan fingerprint density at radius 1 is 1.11 bits per heavy atom. The van der Waals surface area contributed by atoms with Crippen LogP contribution in [0, 0.1) is 0 Å². The summed E-state index contributed by atoms with van der Waals surface area (Å²) >= 11 is 3.49. The van der Waals surface area contributed by atoms with Crippen LogP contribution in [0.5, 0.6) is 0 Å². The average molecular weight is 671 g/mol. The number of primary amides is 1. The van der Waals surface area contributed by atoms with E-state index in [4.69, 9.17) is 15.6 Å². The fraction of sp³-hybridized carbons (Fsp3) is 0.379. The molecule has 4 N–H and O–H groups in total. The number of nitrogens with one attached hydrogen (secondary N) is 1. The number of carbonyl (C=O) groups excluding carboxylic acids is 1. The van der Waals surface area contributed by atoms with Crippen LogP contribution in [-0.4, -0.2) is 71.7 Å². The molecule has 1 aliphatic heterocycles. The van der Waals surface area contributed by atoms with E-state index >= 15 is 0 Å². The van der Waals surface area contributed by atoms with Gasteiger partial charge in [0.05, 0.1) is 16.8 Å². The van der Waals surface area contributed by atoms with Crippen LogP contribution < -0.4 is 5.73 Å². The monoisotopic (exact) mass is 670 g/mol. The molecule has 9 nitrogen and oxygen atoms in total. The topological polar surface area (TPSA) is 137 Å². The van der Waals surface area contributed by atoms with Crippen LogP contribution in [0.1, 0.15) is 51.4 Å². The number of carboxylic acids is 1. The maximum Gasteiger partial charge on any atom is 0.490 e. The molecule has 1 amide bonds. The van der Waals surface area contributed by atoms with Gasteiger partial charge >= 0.3 is 12.1 Å². The van der Waals surface area contributed by atoms with Crippen molar-refractivity contribution in [1.82, 2.24) is 14.2 Å².